The average Bonchev–Trinajstić information content (AvgIpc) is 3.70. The lowest BCUT2D eigenvalue weighted by Crippen LogP contribution is -2.44. The summed E-state index contributed by atoms with van der Waals surface area (Å²) in [5.74, 6) is 1.57. The first kappa shape index (κ1) is 24.1. The molecule has 2 amide bonds. The van der Waals surface area contributed by atoms with Gasteiger partial charge in [-0.05, 0) is 68.3 Å². The Balaban J connectivity index is 1.50. The quantitative estimate of drug-likeness (QED) is 0.502. The van der Waals surface area contributed by atoms with Crippen molar-refractivity contribution in [2.24, 2.45) is 0 Å². The maximum Gasteiger partial charge on any atom is 0.318 e. The van der Waals surface area contributed by atoms with Gasteiger partial charge in [0.1, 0.15) is 5.82 Å². The van der Waals surface area contributed by atoms with Crippen LogP contribution in [0.15, 0.2) is 59.5 Å². The molecule has 36 heavy (non-hydrogen) atoms. The van der Waals surface area contributed by atoms with Crippen LogP contribution in [0.5, 0.6) is 0 Å². The molecule has 0 radical (unpaired) electrons. The van der Waals surface area contributed by atoms with E-state index in [-0.39, 0.29) is 16.8 Å². The Morgan fingerprint density at radius 1 is 1.17 bits per heavy atom. The number of urea groups is 1. The first-order valence-electron chi connectivity index (χ1n) is 12.0. The van der Waals surface area contributed by atoms with Crippen LogP contribution in [0.25, 0.3) is 11.4 Å². The number of hydrogen-bond donors (Lipinski definition) is 2. The van der Waals surface area contributed by atoms with Crippen molar-refractivity contribution in [3.8, 4) is 17.5 Å². The highest BCUT2D eigenvalue weighted by atomic mass is 32.2. The van der Waals surface area contributed by atoms with E-state index in [1.54, 1.807) is 18.8 Å². The fraction of sp³-hybridized carbons (Fsp3) is 0.333. The number of nitriles is 1. The summed E-state index contributed by atoms with van der Waals surface area (Å²) in [4.78, 5) is 25.1. The summed E-state index contributed by atoms with van der Waals surface area (Å²) in [5.41, 5.74) is 3.27. The molecule has 0 unspecified atom stereocenters. The van der Waals surface area contributed by atoms with Crippen LogP contribution in [0.3, 0.4) is 0 Å². The van der Waals surface area contributed by atoms with Crippen LogP contribution in [0.4, 0.5) is 16.3 Å². The van der Waals surface area contributed by atoms with Gasteiger partial charge in [0.05, 0.1) is 41.3 Å². The first-order valence-corrected chi connectivity index (χ1v) is 12.8. The lowest BCUT2D eigenvalue weighted by atomic mass is 10.1. The maximum absolute atomic E-state index is 11.7. The topological polar surface area (TPSA) is 103 Å². The van der Waals surface area contributed by atoms with Gasteiger partial charge in [0, 0.05) is 35.8 Å². The zero-order chi connectivity index (χ0) is 25.1. The van der Waals surface area contributed by atoms with Gasteiger partial charge in [0.15, 0.2) is 5.82 Å². The molecule has 184 valence electrons. The van der Waals surface area contributed by atoms with Crippen molar-refractivity contribution in [3.05, 3.63) is 65.9 Å². The van der Waals surface area contributed by atoms with E-state index in [4.69, 9.17) is 20.0 Å². The zero-order valence-electron chi connectivity index (χ0n) is 20.3. The Morgan fingerprint density at radius 3 is 2.56 bits per heavy atom. The molecule has 3 aromatic rings. The number of ether oxygens (including phenoxy) is 1. The maximum atomic E-state index is 11.7. The molecule has 2 heterocycles. The molecule has 2 aromatic carbocycles. The largest absolute Gasteiger partial charge is 0.377 e. The molecule has 0 bridgehead atoms. The van der Waals surface area contributed by atoms with Gasteiger partial charge in [-0.1, -0.05) is 0 Å². The van der Waals surface area contributed by atoms with Crippen molar-refractivity contribution in [2.75, 3.05) is 37.0 Å². The minimum absolute atomic E-state index is 0.114. The predicted molar refractivity (Wildman–Crippen MR) is 141 cm³/mol. The van der Waals surface area contributed by atoms with E-state index in [0.717, 1.165) is 41.4 Å². The summed E-state index contributed by atoms with van der Waals surface area (Å²) in [6.07, 6.45) is 2.06. The number of aromatic nitrogens is 2. The van der Waals surface area contributed by atoms with E-state index in [2.05, 4.69) is 34.6 Å². The Kier molecular flexibility index (Phi) is 6.81. The van der Waals surface area contributed by atoms with Gasteiger partial charge in [-0.15, -0.1) is 11.8 Å². The Labute approximate surface area is 215 Å². The standard InChI is InChI=1S/C27H28N6O2S/c1-18-17-35-14-13-33(18)24-15-23(27(11-12-27)36-22-9-3-19(16-28)4-10-22)31-25(32-24)20-5-7-21(8-6-20)30-26(34)29-2/h3-10,15,18H,11-14,17H2,1-2H3,(H2,29,30,34)/t18-/m0/s1. The number of anilines is 2. The average molecular weight is 501 g/mol. The van der Waals surface area contributed by atoms with Crippen LogP contribution < -0.4 is 15.5 Å². The summed E-state index contributed by atoms with van der Waals surface area (Å²) in [6, 6.07) is 19.6. The second-order valence-electron chi connectivity index (χ2n) is 9.07. The van der Waals surface area contributed by atoms with E-state index in [9.17, 15) is 4.79 Å². The van der Waals surface area contributed by atoms with Crippen molar-refractivity contribution < 1.29 is 9.53 Å². The second kappa shape index (κ2) is 10.2. The lowest BCUT2D eigenvalue weighted by molar-refractivity contribution is 0.0985. The third-order valence-electron chi connectivity index (χ3n) is 6.47. The van der Waals surface area contributed by atoms with Crippen molar-refractivity contribution >= 4 is 29.3 Å². The Bertz CT molecular complexity index is 1290. The van der Waals surface area contributed by atoms with Gasteiger partial charge in [0.2, 0.25) is 0 Å². The number of benzene rings is 2. The molecule has 1 saturated carbocycles. The van der Waals surface area contributed by atoms with Crippen LogP contribution in [-0.4, -0.2) is 48.8 Å². The normalized spacial score (nSPS) is 18.2. The number of rotatable bonds is 6. The fourth-order valence-corrected chi connectivity index (χ4v) is 5.49. The Hall–Kier alpha value is -3.61. The van der Waals surface area contributed by atoms with Crippen molar-refractivity contribution in [3.63, 3.8) is 0 Å². The van der Waals surface area contributed by atoms with Crippen molar-refractivity contribution in [1.82, 2.24) is 15.3 Å². The van der Waals surface area contributed by atoms with Crippen LogP contribution in [0.2, 0.25) is 0 Å². The molecule has 1 saturated heterocycles. The monoisotopic (exact) mass is 500 g/mol. The number of thioether (sulfide) groups is 1. The van der Waals surface area contributed by atoms with Crippen molar-refractivity contribution in [1.29, 1.82) is 5.26 Å². The molecular formula is C27H28N6O2S. The molecule has 1 aliphatic heterocycles. The molecule has 1 aromatic heterocycles. The second-order valence-corrected chi connectivity index (χ2v) is 10.5. The zero-order valence-corrected chi connectivity index (χ0v) is 21.1. The number of amides is 2. The summed E-state index contributed by atoms with van der Waals surface area (Å²) in [5, 5.41) is 14.5. The lowest BCUT2D eigenvalue weighted by Gasteiger charge is -2.34. The molecule has 1 aliphatic carbocycles. The first-order chi connectivity index (χ1) is 17.5. The minimum Gasteiger partial charge on any atom is -0.377 e. The van der Waals surface area contributed by atoms with Crippen LogP contribution in [-0.2, 0) is 9.48 Å². The van der Waals surface area contributed by atoms with E-state index in [1.165, 1.54) is 0 Å². The molecule has 2 N–H and O–H groups in total. The number of nitrogens with zero attached hydrogens (tertiary/aromatic N) is 4. The molecule has 2 aliphatic rings. The van der Waals surface area contributed by atoms with Crippen LogP contribution >= 0.6 is 11.8 Å². The molecule has 2 fully saturated rings. The van der Waals surface area contributed by atoms with Crippen molar-refractivity contribution in [2.45, 2.75) is 35.4 Å². The number of morpholine rings is 1. The molecule has 1 atom stereocenters. The van der Waals surface area contributed by atoms with E-state index in [0.29, 0.717) is 30.3 Å². The van der Waals surface area contributed by atoms with Gasteiger partial charge in [-0.25, -0.2) is 14.8 Å². The highest BCUT2D eigenvalue weighted by Gasteiger charge is 2.47. The van der Waals surface area contributed by atoms with Gasteiger partial charge in [0.25, 0.3) is 0 Å². The molecule has 5 rings (SSSR count). The SMILES string of the molecule is CNC(=O)Nc1ccc(-c2nc(N3CCOC[C@@H]3C)cc(C3(Sc4ccc(C#N)cc4)CC3)n2)cc1. The molecule has 8 nitrogen and oxygen atoms in total. The van der Waals surface area contributed by atoms with Gasteiger partial charge in [-0.2, -0.15) is 5.26 Å². The number of nitrogens with one attached hydrogen (secondary N) is 2. The van der Waals surface area contributed by atoms with Gasteiger partial charge < -0.3 is 20.3 Å². The number of hydrogen-bond acceptors (Lipinski definition) is 7. The molecule has 9 heteroatoms. The molecule has 0 spiro atoms. The third-order valence-corrected chi connectivity index (χ3v) is 7.99. The number of carbonyl (C=O) groups is 1. The van der Waals surface area contributed by atoms with Crippen LogP contribution in [0.1, 0.15) is 31.0 Å². The van der Waals surface area contributed by atoms with Gasteiger partial charge >= 0.3 is 6.03 Å². The fourth-order valence-electron chi connectivity index (χ4n) is 4.25. The highest BCUT2D eigenvalue weighted by Crippen LogP contribution is 2.59. The number of carbonyl (C=O) groups excluding carboxylic acids is 1. The van der Waals surface area contributed by atoms with E-state index in [1.807, 2.05) is 48.5 Å². The van der Waals surface area contributed by atoms with Gasteiger partial charge in [-0.3, -0.25) is 0 Å². The summed E-state index contributed by atoms with van der Waals surface area (Å²) >= 11 is 1.80. The third kappa shape index (κ3) is 5.15. The highest BCUT2D eigenvalue weighted by molar-refractivity contribution is 8.00. The van der Waals surface area contributed by atoms with E-state index < -0.39 is 0 Å². The minimum atomic E-state index is -0.264. The summed E-state index contributed by atoms with van der Waals surface area (Å²) < 4.78 is 5.54. The Morgan fingerprint density at radius 2 is 1.92 bits per heavy atom. The van der Waals surface area contributed by atoms with Crippen LogP contribution in [0, 0.1) is 11.3 Å². The predicted octanol–water partition coefficient (Wildman–Crippen LogP) is 4.77. The van der Waals surface area contributed by atoms with E-state index >= 15 is 0 Å². The molecular weight excluding hydrogens is 472 g/mol. The summed E-state index contributed by atoms with van der Waals surface area (Å²) in [6.45, 7) is 4.27. The smallest absolute Gasteiger partial charge is 0.318 e. The summed E-state index contributed by atoms with van der Waals surface area (Å²) in [7, 11) is 1.58.